The molecule has 1 aliphatic rings. The number of ether oxygens (including phenoxy) is 2. The van der Waals surface area contributed by atoms with Gasteiger partial charge in [-0.2, -0.15) is 0 Å². The molecule has 1 saturated heterocycles. The highest BCUT2D eigenvalue weighted by atomic mass is 35.5. The molecular weight excluding hydrogens is 392 g/mol. The zero-order valence-electron chi connectivity index (χ0n) is 14.4. The van der Waals surface area contributed by atoms with E-state index in [9.17, 15) is 14.4 Å². The van der Waals surface area contributed by atoms with Crippen molar-refractivity contribution >= 4 is 40.6 Å². The molecular formula is C18H17ClN2O5S. The highest BCUT2D eigenvalue weighted by molar-refractivity contribution is 7.14. The zero-order valence-corrected chi connectivity index (χ0v) is 15.9. The molecule has 0 radical (unpaired) electrons. The monoisotopic (exact) mass is 408 g/mol. The van der Waals surface area contributed by atoms with Crippen molar-refractivity contribution in [3.8, 4) is 0 Å². The summed E-state index contributed by atoms with van der Waals surface area (Å²) in [6.45, 7) is 1.90. The van der Waals surface area contributed by atoms with Crippen LogP contribution in [0.1, 0.15) is 24.9 Å². The number of nitrogens with zero attached hydrogens (tertiary/aromatic N) is 2. The lowest BCUT2D eigenvalue weighted by Gasteiger charge is -2.26. The molecule has 3 heterocycles. The number of hydrogen-bond donors (Lipinski definition) is 0. The Kier molecular flexibility index (Phi) is 6.54. The van der Waals surface area contributed by atoms with Crippen molar-refractivity contribution in [3.63, 3.8) is 0 Å². The van der Waals surface area contributed by atoms with E-state index < -0.39 is 5.97 Å². The summed E-state index contributed by atoms with van der Waals surface area (Å²) < 4.78 is 10.2. The van der Waals surface area contributed by atoms with Crippen LogP contribution in [0.5, 0.6) is 0 Å². The predicted molar refractivity (Wildman–Crippen MR) is 99.3 cm³/mol. The first-order valence-electron chi connectivity index (χ1n) is 8.29. The Hall–Kier alpha value is -2.29. The number of halogens is 1. The van der Waals surface area contributed by atoms with E-state index in [2.05, 4.69) is 4.98 Å². The average molecular weight is 409 g/mol. The number of Topliss-reactive ketones (excluding diaryl/α,β-unsaturated/α-hetero) is 1. The van der Waals surface area contributed by atoms with Gasteiger partial charge in [-0.25, -0.2) is 9.78 Å². The first kappa shape index (κ1) is 19.5. The molecule has 3 rings (SSSR count). The van der Waals surface area contributed by atoms with Crippen molar-refractivity contribution in [1.29, 1.82) is 0 Å². The summed E-state index contributed by atoms with van der Waals surface area (Å²) in [4.78, 5) is 43.2. The number of thiophene rings is 1. The van der Waals surface area contributed by atoms with Crippen LogP contribution in [0.3, 0.4) is 0 Å². The molecule has 7 nitrogen and oxygen atoms in total. The second kappa shape index (κ2) is 9.07. The van der Waals surface area contributed by atoms with Crippen LogP contribution in [-0.4, -0.2) is 60.5 Å². The molecule has 0 unspecified atom stereocenters. The van der Waals surface area contributed by atoms with Crippen molar-refractivity contribution in [2.75, 3.05) is 32.9 Å². The SMILES string of the molecule is O=C(OCC(=O)c1ccc(CC(=O)N2CCOCC2)s1)c1ccc(Cl)nc1. The fourth-order valence-electron chi connectivity index (χ4n) is 2.48. The van der Waals surface area contributed by atoms with E-state index in [1.807, 2.05) is 0 Å². The van der Waals surface area contributed by atoms with Crippen molar-refractivity contribution in [1.82, 2.24) is 9.88 Å². The van der Waals surface area contributed by atoms with E-state index in [1.54, 1.807) is 17.0 Å². The van der Waals surface area contributed by atoms with E-state index in [4.69, 9.17) is 21.1 Å². The number of aromatic nitrogens is 1. The first-order valence-corrected chi connectivity index (χ1v) is 9.48. The molecule has 0 bridgehead atoms. The van der Waals surface area contributed by atoms with E-state index in [-0.39, 0.29) is 35.4 Å². The molecule has 0 aromatic carbocycles. The van der Waals surface area contributed by atoms with E-state index >= 15 is 0 Å². The van der Waals surface area contributed by atoms with Gasteiger partial charge in [0.05, 0.1) is 30.1 Å². The fourth-order valence-corrected chi connectivity index (χ4v) is 3.51. The third-order valence-electron chi connectivity index (χ3n) is 3.92. The molecule has 2 aromatic rings. The molecule has 0 saturated carbocycles. The normalized spacial score (nSPS) is 14.0. The number of rotatable bonds is 6. The largest absolute Gasteiger partial charge is 0.454 e. The van der Waals surface area contributed by atoms with Gasteiger partial charge in [-0.15, -0.1) is 11.3 Å². The summed E-state index contributed by atoms with van der Waals surface area (Å²) in [5, 5.41) is 0.264. The summed E-state index contributed by atoms with van der Waals surface area (Å²) in [7, 11) is 0. The number of esters is 1. The maximum Gasteiger partial charge on any atom is 0.340 e. The zero-order chi connectivity index (χ0) is 19.2. The number of carbonyl (C=O) groups is 3. The summed E-state index contributed by atoms with van der Waals surface area (Å²) in [6.07, 6.45) is 1.53. The highest BCUT2D eigenvalue weighted by Gasteiger charge is 2.19. The summed E-state index contributed by atoms with van der Waals surface area (Å²) in [6, 6.07) is 6.34. The second-order valence-electron chi connectivity index (χ2n) is 5.80. The molecule has 0 aliphatic carbocycles. The quantitative estimate of drug-likeness (QED) is 0.414. The number of hydrogen-bond acceptors (Lipinski definition) is 7. The minimum atomic E-state index is -0.646. The van der Waals surface area contributed by atoms with E-state index in [1.165, 1.54) is 29.7 Å². The van der Waals surface area contributed by atoms with Gasteiger partial charge in [-0.1, -0.05) is 11.6 Å². The molecule has 0 spiro atoms. The van der Waals surface area contributed by atoms with Gasteiger partial charge in [-0.3, -0.25) is 9.59 Å². The van der Waals surface area contributed by atoms with Gasteiger partial charge in [0.15, 0.2) is 6.61 Å². The Morgan fingerprint density at radius 1 is 1.19 bits per heavy atom. The lowest BCUT2D eigenvalue weighted by molar-refractivity contribution is -0.134. The van der Waals surface area contributed by atoms with Gasteiger partial charge >= 0.3 is 5.97 Å². The van der Waals surface area contributed by atoms with Gasteiger partial charge in [-0.05, 0) is 24.3 Å². The third kappa shape index (κ3) is 5.35. The van der Waals surface area contributed by atoms with Crippen LogP contribution in [0.25, 0.3) is 0 Å². The van der Waals surface area contributed by atoms with Crippen molar-refractivity contribution in [2.24, 2.45) is 0 Å². The molecule has 0 atom stereocenters. The summed E-state index contributed by atoms with van der Waals surface area (Å²) >= 11 is 6.90. The Morgan fingerprint density at radius 3 is 2.67 bits per heavy atom. The molecule has 1 aliphatic heterocycles. The number of pyridine rings is 1. The molecule has 1 amide bonds. The van der Waals surface area contributed by atoms with Crippen LogP contribution in [-0.2, 0) is 20.7 Å². The summed E-state index contributed by atoms with van der Waals surface area (Å²) in [5.41, 5.74) is 0.218. The van der Waals surface area contributed by atoms with E-state index in [0.29, 0.717) is 31.2 Å². The van der Waals surface area contributed by atoms with Gasteiger partial charge in [0.2, 0.25) is 11.7 Å². The van der Waals surface area contributed by atoms with Crippen LogP contribution in [0.15, 0.2) is 30.5 Å². The maximum atomic E-state index is 12.2. The lowest BCUT2D eigenvalue weighted by atomic mass is 10.2. The highest BCUT2D eigenvalue weighted by Crippen LogP contribution is 2.19. The van der Waals surface area contributed by atoms with Crippen LogP contribution in [0.4, 0.5) is 0 Å². The van der Waals surface area contributed by atoms with Crippen LogP contribution >= 0.6 is 22.9 Å². The second-order valence-corrected chi connectivity index (χ2v) is 7.36. The van der Waals surface area contributed by atoms with Crippen molar-refractivity contribution in [2.45, 2.75) is 6.42 Å². The maximum absolute atomic E-state index is 12.2. The molecule has 27 heavy (non-hydrogen) atoms. The third-order valence-corrected chi connectivity index (χ3v) is 5.27. The summed E-state index contributed by atoms with van der Waals surface area (Å²) in [5.74, 6) is -0.951. The first-order chi connectivity index (χ1) is 13.0. The minimum absolute atomic E-state index is 0.0146. The van der Waals surface area contributed by atoms with Crippen LogP contribution in [0.2, 0.25) is 5.15 Å². The number of morpholine rings is 1. The number of ketones is 1. The van der Waals surface area contributed by atoms with Gasteiger partial charge < -0.3 is 14.4 Å². The molecule has 9 heteroatoms. The number of carbonyl (C=O) groups excluding carboxylic acids is 3. The minimum Gasteiger partial charge on any atom is -0.454 e. The Morgan fingerprint density at radius 2 is 1.96 bits per heavy atom. The Balaban J connectivity index is 1.51. The standard InChI is InChI=1S/C18H17ClN2O5S/c19-16-4-1-12(10-20-16)18(24)26-11-14(22)15-3-2-13(27-15)9-17(23)21-5-7-25-8-6-21/h1-4,10H,5-9,11H2. The Labute approximate surface area is 164 Å². The molecule has 142 valence electrons. The van der Waals surface area contributed by atoms with Gasteiger partial charge in [0.1, 0.15) is 5.15 Å². The predicted octanol–water partition coefficient (Wildman–Crippen LogP) is 2.24. The molecule has 0 N–H and O–H groups in total. The fraction of sp³-hybridized carbons (Fsp3) is 0.333. The number of amides is 1. The lowest BCUT2D eigenvalue weighted by Crippen LogP contribution is -2.41. The van der Waals surface area contributed by atoms with E-state index in [0.717, 1.165) is 4.88 Å². The smallest absolute Gasteiger partial charge is 0.340 e. The molecule has 1 fully saturated rings. The van der Waals surface area contributed by atoms with Crippen LogP contribution < -0.4 is 0 Å². The van der Waals surface area contributed by atoms with Gasteiger partial charge in [0, 0.05) is 24.2 Å². The Bertz CT molecular complexity index is 831. The average Bonchev–Trinajstić information content (AvgIpc) is 3.15. The van der Waals surface area contributed by atoms with Crippen molar-refractivity contribution in [3.05, 3.63) is 50.9 Å². The van der Waals surface area contributed by atoms with Gasteiger partial charge in [0.25, 0.3) is 0 Å². The van der Waals surface area contributed by atoms with Crippen LogP contribution in [0, 0.1) is 0 Å². The van der Waals surface area contributed by atoms with Crippen molar-refractivity contribution < 1.29 is 23.9 Å². The topological polar surface area (TPSA) is 85.8 Å². The molecule has 2 aromatic heterocycles.